The van der Waals surface area contributed by atoms with Crippen molar-refractivity contribution in [2.24, 2.45) is 0 Å². The highest BCUT2D eigenvalue weighted by Crippen LogP contribution is 1.95. The standard InChI is InChI=1S/C7H14O/c1-6(2)5-7(3)8-4/h5,7H,1-4H3. The van der Waals surface area contributed by atoms with Crippen molar-refractivity contribution in [1.82, 2.24) is 0 Å². The first kappa shape index (κ1) is 7.70. The maximum absolute atomic E-state index is 4.98. The highest BCUT2D eigenvalue weighted by atomic mass is 16.5. The lowest BCUT2D eigenvalue weighted by Gasteiger charge is -2.01. The number of rotatable bonds is 2. The van der Waals surface area contributed by atoms with Gasteiger partial charge in [0.2, 0.25) is 0 Å². The van der Waals surface area contributed by atoms with Gasteiger partial charge < -0.3 is 4.74 Å². The molecular formula is C7H14O. The summed E-state index contributed by atoms with van der Waals surface area (Å²) in [5.74, 6) is 0. The fourth-order valence-electron chi connectivity index (χ4n) is 0.537. The maximum Gasteiger partial charge on any atom is 0.0726 e. The van der Waals surface area contributed by atoms with E-state index in [0.717, 1.165) is 0 Å². The number of ether oxygens (including phenoxy) is 1. The average Bonchev–Trinajstić information content (AvgIpc) is 1.65. The van der Waals surface area contributed by atoms with E-state index >= 15 is 0 Å². The Labute approximate surface area is 51.4 Å². The predicted molar refractivity (Wildman–Crippen MR) is 35.9 cm³/mol. The molecule has 0 heterocycles. The Morgan fingerprint density at radius 3 is 2.12 bits per heavy atom. The summed E-state index contributed by atoms with van der Waals surface area (Å²) in [6.45, 7) is 6.15. The molecule has 0 aromatic rings. The van der Waals surface area contributed by atoms with Crippen LogP contribution in [0.25, 0.3) is 0 Å². The molecule has 0 aliphatic rings. The van der Waals surface area contributed by atoms with E-state index in [2.05, 4.69) is 19.9 Å². The van der Waals surface area contributed by atoms with E-state index in [1.54, 1.807) is 7.11 Å². The van der Waals surface area contributed by atoms with Crippen LogP contribution in [0.15, 0.2) is 11.6 Å². The molecule has 0 radical (unpaired) electrons. The van der Waals surface area contributed by atoms with Gasteiger partial charge in [-0.1, -0.05) is 11.6 Å². The van der Waals surface area contributed by atoms with Gasteiger partial charge >= 0.3 is 0 Å². The highest BCUT2D eigenvalue weighted by Gasteiger charge is 1.89. The molecule has 1 nitrogen and oxygen atoms in total. The Morgan fingerprint density at radius 2 is 2.00 bits per heavy atom. The molecule has 0 aromatic heterocycles. The smallest absolute Gasteiger partial charge is 0.0726 e. The van der Waals surface area contributed by atoms with Crippen LogP contribution in [0, 0.1) is 0 Å². The van der Waals surface area contributed by atoms with Crippen LogP contribution in [0.3, 0.4) is 0 Å². The molecule has 0 amide bonds. The van der Waals surface area contributed by atoms with Crippen molar-refractivity contribution in [3.8, 4) is 0 Å². The minimum atomic E-state index is 0.264. The van der Waals surface area contributed by atoms with Crippen LogP contribution in [0.2, 0.25) is 0 Å². The molecule has 0 aliphatic heterocycles. The van der Waals surface area contributed by atoms with Gasteiger partial charge in [-0.3, -0.25) is 0 Å². The minimum Gasteiger partial charge on any atom is -0.378 e. The second-order valence-corrected chi connectivity index (χ2v) is 2.18. The molecule has 1 heteroatoms. The van der Waals surface area contributed by atoms with Gasteiger partial charge in [0.25, 0.3) is 0 Å². The summed E-state index contributed by atoms with van der Waals surface area (Å²) in [6.07, 6.45) is 2.35. The molecule has 0 spiro atoms. The molecule has 0 N–H and O–H groups in total. The summed E-state index contributed by atoms with van der Waals surface area (Å²) in [5.41, 5.74) is 1.30. The molecule has 48 valence electrons. The van der Waals surface area contributed by atoms with Crippen LogP contribution in [-0.2, 0) is 4.74 Å². The molecule has 0 saturated carbocycles. The van der Waals surface area contributed by atoms with Gasteiger partial charge in [-0.15, -0.1) is 0 Å². The number of hydrogen-bond acceptors (Lipinski definition) is 1. The third-order valence-corrected chi connectivity index (χ3v) is 0.940. The Hall–Kier alpha value is -0.300. The first-order valence-corrected chi connectivity index (χ1v) is 2.84. The monoisotopic (exact) mass is 114 g/mol. The van der Waals surface area contributed by atoms with Gasteiger partial charge in [-0.25, -0.2) is 0 Å². The molecule has 1 unspecified atom stereocenters. The van der Waals surface area contributed by atoms with E-state index in [9.17, 15) is 0 Å². The van der Waals surface area contributed by atoms with E-state index in [1.165, 1.54) is 5.57 Å². The summed E-state index contributed by atoms with van der Waals surface area (Å²) >= 11 is 0. The van der Waals surface area contributed by atoms with E-state index in [4.69, 9.17) is 4.74 Å². The first-order chi connectivity index (χ1) is 3.66. The number of methoxy groups -OCH3 is 1. The Morgan fingerprint density at radius 1 is 1.50 bits per heavy atom. The lowest BCUT2D eigenvalue weighted by Crippen LogP contribution is -1.99. The zero-order valence-electron chi connectivity index (χ0n) is 6.06. The Bertz CT molecular complexity index is 80.4. The largest absolute Gasteiger partial charge is 0.378 e. The van der Waals surface area contributed by atoms with E-state index in [1.807, 2.05) is 6.92 Å². The summed E-state index contributed by atoms with van der Waals surface area (Å²) in [5, 5.41) is 0. The van der Waals surface area contributed by atoms with E-state index < -0.39 is 0 Å². The van der Waals surface area contributed by atoms with Crippen molar-refractivity contribution < 1.29 is 4.74 Å². The Kier molecular flexibility index (Phi) is 3.53. The van der Waals surface area contributed by atoms with E-state index in [0.29, 0.717) is 0 Å². The first-order valence-electron chi connectivity index (χ1n) is 2.84. The van der Waals surface area contributed by atoms with Crippen molar-refractivity contribution >= 4 is 0 Å². The Balaban J connectivity index is 3.51. The van der Waals surface area contributed by atoms with Crippen LogP contribution < -0.4 is 0 Å². The molecule has 0 aromatic carbocycles. The molecule has 0 saturated heterocycles. The SMILES string of the molecule is COC(C)C=C(C)C. The molecule has 0 bridgehead atoms. The molecule has 0 aliphatic carbocycles. The van der Waals surface area contributed by atoms with Crippen molar-refractivity contribution in [2.45, 2.75) is 26.9 Å². The van der Waals surface area contributed by atoms with Gasteiger partial charge in [0, 0.05) is 7.11 Å². The van der Waals surface area contributed by atoms with Crippen LogP contribution in [-0.4, -0.2) is 13.2 Å². The summed E-state index contributed by atoms with van der Waals surface area (Å²) in [4.78, 5) is 0. The summed E-state index contributed by atoms with van der Waals surface area (Å²) in [6, 6.07) is 0. The maximum atomic E-state index is 4.98. The molecule has 0 fully saturated rings. The fraction of sp³-hybridized carbons (Fsp3) is 0.714. The van der Waals surface area contributed by atoms with Gasteiger partial charge in [-0.2, -0.15) is 0 Å². The number of hydrogen-bond donors (Lipinski definition) is 0. The second kappa shape index (κ2) is 3.67. The van der Waals surface area contributed by atoms with E-state index in [-0.39, 0.29) is 6.10 Å². The van der Waals surface area contributed by atoms with Crippen molar-refractivity contribution in [3.05, 3.63) is 11.6 Å². The van der Waals surface area contributed by atoms with Gasteiger partial charge in [0.1, 0.15) is 0 Å². The topological polar surface area (TPSA) is 9.23 Å². The zero-order chi connectivity index (χ0) is 6.57. The van der Waals surface area contributed by atoms with Crippen molar-refractivity contribution in [1.29, 1.82) is 0 Å². The summed E-state index contributed by atoms with van der Waals surface area (Å²) in [7, 11) is 1.71. The molecule has 8 heavy (non-hydrogen) atoms. The quantitative estimate of drug-likeness (QED) is 0.499. The highest BCUT2D eigenvalue weighted by molar-refractivity contribution is 4.96. The normalized spacial score (nSPS) is 13.0. The van der Waals surface area contributed by atoms with Crippen LogP contribution >= 0.6 is 0 Å². The lowest BCUT2D eigenvalue weighted by molar-refractivity contribution is 0.155. The van der Waals surface area contributed by atoms with Gasteiger partial charge in [-0.05, 0) is 20.8 Å². The third kappa shape index (κ3) is 3.88. The molecule has 1 atom stereocenters. The summed E-state index contributed by atoms with van der Waals surface area (Å²) < 4.78 is 4.98. The molecule has 0 rings (SSSR count). The van der Waals surface area contributed by atoms with Crippen LogP contribution in [0.1, 0.15) is 20.8 Å². The van der Waals surface area contributed by atoms with Gasteiger partial charge in [0.05, 0.1) is 6.10 Å². The molecular weight excluding hydrogens is 100 g/mol. The van der Waals surface area contributed by atoms with Crippen LogP contribution in [0.5, 0.6) is 0 Å². The minimum absolute atomic E-state index is 0.264. The van der Waals surface area contributed by atoms with Gasteiger partial charge in [0.15, 0.2) is 0 Å². The zero-order valence-corrected chi connectivity index (χ0v) is 6.06. The van der Waals surface area contributed by atoms with Crippen molar-refractivity contribution in [3.63, 3.8) is 0 Å². The van der Waals surface area contributed by atoms with Crippen molar-refractivity contribution in [2.75, 3.05) is 7.11 Å². The number of allylic oxidation sites excluding steroid dienone is 1. The van der Waals surface area contributed by atoms with Crippen LogP contribution in [0.4, 0.5) is 0 Å². The predicted octanol–water partition coefficient (Wildman–Crippen LogP) is 1.99. The second-order valence-electron chi connectivity index (χ2n) is 2.18. The lowest BCUT2D eigenvalue weighted by atomic mass is 10.2. The fourth-order valence-corrected chi connectivity index (χ4v) is 0.537. The average molecular weight is 114 g/mol. The third-order valence-electron chi connectivity index (χ3n) is 0.940.